The van der Waals surface area contributed by atoms with Crippen molar-refractivity contribution >= 4 is 27.2 Å². The van der Waals surface area contributed by atoms with E-state index in [1.807, 2.05) is 62.0 Å². The van der Waals surface area contributed by atoms with Crippen LogP contribution in [0.5, 0.6) is 0 Å². The fourth-order valence-electron chi connectivity index (χ4n) is 2.34. The maximum Gasteiger partial charge on any atom is 0.251 e. The number of likely N-dealkylation sites (N-methyl/N-ethyl adjacent to an activating group) is 2. The average molecular weight is 281 g/mol. The summed E-state index contributed by atoms with van der Waals surface area (Å²) in [7, 11) is 0.359. The molecular formula is C13H19N3O2S. The van der Waals surface area contributed by atoms with E-state index in [9.17, 15) is 8.42 Å². The molecule has 0 aromatic heterocycles. The van der Waals surface area contributed by atoms with Crippen LogP contribution in [0.2, 0.25) is 0 Å². The van der Waals surface area contributed by atoms with Gasteiger partial charge in [0, 0.05) is 14.1 Å². The van der Waals surface area contributed by atoms with Crippen molar-refractivity contribution < 1.29 is 8.42 Å². The van der Waals surface area contributed by atoms with Gasteiger partial charge < -0.3 is 9.80 Å². The van der Waals surface area contributed by atoms with Crippen molar-refractivity contribution in [3.05, 3.63) is 24.3 Å². The van der Waals surface area contributed by atoms with Crippen LogP contribution in [0.1, 0.15) is 13.8 Å². The third-order valence-corrected chi connectivity index (χ3v) is 4.06. The Labute approximate surface area is 114 Å². The first-order valence-electron chi connectivity index (χ1n) is 6.01. The second-order valence-corrected chi connectivity index (χ2v) is 6.96. The molecular weight excluding hydrogens is 262 g/mol. The second-order valence-electron chi connectivity index (χ2n) is 5.31. The normalized spacial score (nSPS) is 20.6. The Bertz CT molecular complexity index is 635. The number of hydrogen-bond donors (Lipinski definition) is 0. The van der Waals surface area contributed by atoms with E-state index >= 15 is 0 Å². The predicted octanol–water partition coefficient (Wildman–Crippen LogP) is 1.71. The third kappa shape index (κ3) is 2.32. The minimum absolute atomic E-state index is 0.494. The van der Waals surface area contributed by atoms with Gasteiger partial charge in [0.05, 0.1) is 23.2 Å². The quantitative estimate of drug-likeness (QED) is 0.786. The number of amidine groups is 1. The van der Waals surface area contributed by atoms with Gasteiger partial charge in [-0.25, -0.2) is 8.42 Å². The van der Waals surface area contributed by atoms with Gasteiger partial charge in [0.1, 0.15) is 5.84 Å². The van der Waals surface area contributed by atoms with Crippen molar-refractivity contribution in [3.8, 4) is 0 Å². The summed E-state index contributed by atoms with van der Waals surface area (Å²) < 4.78 is 27.0. The smallest absolute Gasteiger partial charge is 0.251 e. The molecule has 0 bridgehead atoms. The van der Waals surface area contributed by atoms with Gasteiger partial charge >= 0.3 is 0 Å². The highest BCUT2D eigenvalue weighted by Crippen LogP contribution is 2.39. The van der Waals surface area contributed by atoms with Crippen LogP contribution in [0.4, 0.5) is 11.4 Å². The van der Waals surface area contributed by atoms with E-state index in [0.29, 0.717) is 5.84 Å². The molecule has 0 unspecified atom stereocenters. The summed E-state index contributed by atoms with van der Waals surface area (Å²) in [6.07, 6.45) is 1.12. The monoisotopic (exact) mass is 281 g/mol. The number of nitrogens with zero attached hydrogens (tertiary/aromatic N) is 3. The highest BCUT2D eigenvalue weighted by atomic mass is 32.2. The van der Waals surface area contributed by atoms with Crippen LogP contribution in [0, 0.1) is 0 Å². The predicted molar refractivity (Wildman–Crippen MR) is 79.6 cm³/mol. The number of rotatable bonds is 1. The van der Waals surface area contributed by atoms with Crippen molar-refractivity contribution in [3.63, 3.8) is 0 Å². The van der Waals surface area contributed by atoms with Gasteiger partial charge in [0.2, 0.25) is 0 Å². The number of para-hydroxylation sites is 2. The van der Waals surface area contributed by atoms with E-state index in [4.69, 9.17) is 0 Å². The van der Waals surface area contributed by atoms with Crippen LogP contribution in [-0.2, 0) is 10.0 Å². The molecule has 104 valence electrons. The minimum atomic E-state index is -3.43. The SMILES string of the molecule is CN1C(=NS(C)(=O)=O)C(C)(C)N(C)c2ccccc21. The van der Waals surface area contributed by atoms with E-state index < -0.39 is 15.6 Å². The van der Waals surface area contributed by atoms with Crippen LogP contribution in [-0.4, -0.2) is 40.1 Å². The maximum absolute atomic E-state index is 11.5. The molecule has 0 N–H and O–H groups in total. The first kappa shape index (κ1) is 13.9. The molecule has 2 rings (SSSR count). The molecule has 1 aliphatic rings. The Hall–Kier alpha value is -1.56. The van der Waals surface area contributed by atoms with E-state index in [2.05, 4.69) is 4.40 Å². The second kappa shape index (κ2) is 4.23. The first-order valence-corrected chi connectivity index (χ1v) is 7.86. The molecule has 5 nitrogen and oxygen atoms in total. The molecule has 1 aliphatic heterocycles. The van der Waals surface area contributed by atoms with Gasteiger partial charge in [-0.2, -0.15) is 0 Å². The lowest BCUT2D eigenvalue weighted by Crippen LogP contribution is -2.58. The molecule has 6 heteroatoms. The Morgan fingerprint density at radius 2 is 1.63 bits per heavy atom. The van der Waals surface area contributed by atoms with Crippen LogP contribution in [0.3, 0.4) is 0 Å². The number of benzene rings is 1. The summed E-state index contributed by atoms with van der Waals surface area (Å²) in [5, 5.41) is 0. The molecule has 1 heterocycles. The summed E-state index contributed by atoms with van der Waals surface area (Å²) in [4.78, 5) is 3.89. The maximum atomic E-state index is 11.5. The first-order chi connectivity index (χ1) is 8.64. The van der Waals surface area contributed by atoms with E-state index in [0.717, 1.165) is 17.6 Å². The summed E-state index contributed by atoms with van der Waals surface area (Å²) >= 11 is 0. The molecule has 0 atom stereocenters. The fourth-order valence-corrected chi connectivity index (χ4v) is 3.00. The van der Waals surface area contributed by atoms with Crippen molar-refractivity contribution in [1.29, 1.82) is 0 Å². The lowest BCUT2D eigenvalue weighted by molar-refractivity contribution is 0.597. The van der Waals surface area contributed by atoms with Gasteiger partial charge in [-0.15, -0.1) is 4.40 Å². The summed E-state index contributed by atoms with van der Waals surface area (Å²) in [6, 6.07) is 7.88. The summed E-state index contributed by atoms with van der Waals surface area (Å²) in [5.74, 6) is 0.524. The van der Waals surface area contributed by atoms with E-state index in [-0.39, 0.29) is 0 Å². The molecule has 0 saturated carbocycles. The molecule has 0 spiro atoms. The van der Waals surface area contributed by atoms with Gasteiger partial charge in [-0.05, 0) is 26.0 Å². The molecule has 19 heavy (non-hydrogen) atoms. The topological polar surface area (TPSA) is 53.0 Å². The molecule has 0 saturated heterocycles. The number of fused-ring (bicyclic) bond motifs is 1. The standard InChI is InChI=1S/C13H19N3O2S/c1-13(2)12(14-19(5,17)18)15(3)10-8-6-7-9-11(10)16(13)4/h6-9H,1-5H3. The van der Waals surface area contributed by atoms with Crippen LogP contribution in [0.25, 0.3) is 0 Å². The average Bonchev–Trinajstić information content (AvgIpc) is 2.31. The van der Waals surface area contributed by atoms with E-state index in [1.54, 1.807) is 0 Å². The third-order valence-electron chi connectivity index (χ3n) is 3.56. The number of anilines is 2. The van der Waals surface area contributed by atoms with Crippen LogP contribution in [0.15, 0.2) is 28.7 Å². The molecule has 1 aromatic carbocycles. The zero-order valence-corrected chi connectivity index (χ0v) is 12.7. The molecule has 0 amide bonds. The summed E-state index contributed by atoms with van der Waals surface area (Å²) in [6.45, 7) is 3.92. The highest BCUT2D eigenvalue weighted by molar-refractivity contribution is 7.89. The van der Waals surface area contributed by atoms with Gasteiger partial charge in [0.25, 0.3) is 10.0 Å². The molecule has 1 aromatic rings. The van der Waals surface area contributed by atoms with Crippen molar-refractivity contribution in [2.45, 2.75) is 19.4 Å². The fraction of sp³-hybridized carbons (Fsp3) is 0.462. The number of sulfonamides is 1. The zero-order valence-electron chi connectivity index (χ0n) is 11.9. The minimum Gasteiger partial charge on any atom is -0.361 e. The van der Waals surface area contributed by atoms with E-state index in [1.165, 1.54) is 0 Å². The van der Waals surface area contributed by atoms with Gasteiger partial charge in [-0.1, -0.05) is 12.1 Å². The van der Waals surface area contributed by atoms with Crippen LogP contribution < -0.4 is 9.80 Å². The molecule has 0 fully saturated rings. The summed E-state index contributed by atoms with van der Waals surface area (Å²) in [5.41, 5.74) is 1.51. The lowest BCUT2D eigenvalue weighted by Gasteiger charge is -2.47. The zero-order chi connectivity index (χ0) is 14.4. The highest BCUT2D eigenvalue weighted by Gasteiger charge is 2.40. The Morgan fingerprint density at radius 3 is 2.16 bits per heavy atom. The Morgan fingerprint density at radius 1 is 1.11 bits per heavy atom. The van der Waals surface area contributed by atoms with Crippen LogP contribution >= 0.6 is 0 Å². The van der Waals surface area contributed by atoms with Crippen molar-refractivity contribution in [1.82, 2.24) is 0 Å². The molecule has 0 radical (unpaired) electrons. The largest absolute Gasteiger partial charge is 0.361 e. The van der Waals surface area contributed by atoms with Gasteiger partial charge in [0.15, 0.2) is 0 Å². The number of hydrogen-bond acceptors (Lipinski definition) is 3. The van der Waals surface area contributed by atoms with Crippen molar-refractivity contribution in [2.75, 3.05) is 30.2 Å². The Balaban J connectivity index is 2.69. The lowest BCUT2D eigenvalue weighted by atomic mass is 9.95. The Kier molecular flexibility index (Phi) is 3.09. The van der Waals surface area contributed by atoms with Crippen molar-refractivity contribution in [2.24, 2.45) is 4.40 Å². The molecule has 0 aliphatic carbocycles. The van der Waals surface area contributed by atoms with Gasteiger partial charge in [-0.3, -0.25) is 0 Å².